The fourth-order valence-corrected chi connectivity index (χ4v) is 6.18. The third kappa shape index (κ3) is 5.49. The molecule has 6 rings (SSSR count). The average molecular weight is 595 g/mol. The van der Waals surface area contributed by atoms with E-state index >= 15 is 0 Å². The summed E-state index contributed by atoms with van der Waals surface area (Å²) < 4.78 is 5.48. The molecule has 2 fully saturated rings. The molecule has 3 aliphatic rings. The van der Waals surface area contributed by atoms with Gasteiger partial charge >= 0.3 is 12.0 Å². The van der Waals surface area contributed by atoms with Gasteiger partial charge in [0.15, 0.2) is 5.75 Å². The van der Waals surface area contributed by atoms with Gasteiger partial charge in [-0.05, 0) is 22.8 Å². The van der Waals surface area contributed by atoms with Crippen LogP contribution < -0.4 is 15.0 Å². The maximum atomic E-state index is 14.2. The van der Waals surface area contributed by atoms with Gasteiger partial charge in [0.2, 0.25) is 5.91 Å². The second-order valence-corrected chi connectivity index (χ2v) is 11.0. The molecule has 0 spiro atoms. The number of benzene rings is 3. The van der Waals surface area contributed by atoms with Crippen molar-refractivity contribution >= 4 is 29.5 Å². The van der Waals surface area contributed by atoms with Crippen molar-refractivity contribution in [3.8, 4) is 5.75 Å². The number of ether oxygens (including phenoxy) is 1. The van der Waals surface area contributed by atoms with Gasteiger partial charge < -0.3 is 24.8 Å². The minimum Gasteiger partial charge on any atom is -0.423 e. The molecule has 2 saturated heterocycles. The molecule has 0 unspecified atom stereocenters. The lowest BCUT2D eigenvalue weighted by Gasteiger charge is -2.46. The normalized spacial score (nSPS) is 19.8. The van der Waals surface area contributed by atoms with Crippen LogP contribution in [0.1, 0.15) is 22.7 Å². The van der Waals surface area contributed by atoms with E-state index < -0.39 is 12.2 Å². The molecule has 0 aromatic heterocycles. The first-order chi connectivity index (χ1) is 21.4. The first-order valence-electron chi connectivity index (χ1n) is 14.5. The number of nitrogens with one attached hydrogen (secondary N) is 1. The molecule has 0 bridgehead atoms. The summed E-state index contributed by atoms with van der Waals surface area (Å²) >= 11 is 0. The third-order valence-electron chi connectivity index (χ3n) is 8.12. The molecule has 3 heterocycles. The number of fused-ring (bicyclic) bond motifs is 2. The molecule has 0 saturated carbocycles. The van der Waals surface area contributed by atoms with Crippen LogP contribution in [0.15, 0.2) is 91.5 Å². The summed E-state index contributed by atoms with van der Waals surface area (Å²) in [5, 5.41) is 6.18. The zero-order valence-electron chi connectivity index (χ0n) is 24.5. The van der Waals surface area contributed by atoms with Gasteiger partial charge in [0.25, 0.3) is 5.91 Å². The van der Waals surface area contributed by atoms with E-state index in [-0.39, 0.29) is 56.5 Å². The van der Waals surface area contributed by atoms with Gasteiger partial charge in [0.1, 0.15) is 18.8 Å². The second kappa shape index (κ2) is 12.2. The Hall–Kier alpha value is -5.16. The van der Waals surface area contributed by atoms with Crippen LogP contribution in [0.3, 0.4) is 0 Å². The monoisotopic (exact) mass is 594 g/mol. The van der Waals surface area contributed by atoms with Crippen molar-refractivity contribution < 1.29 is 23.9 Å². The number of rotatable bonds is 8. The molecule has 0 radical (unpaired) electrons. The van der Waals surface area contributed by atoms with Crippen LogP contribution in [0.4, 0.5) is 10.5 Å². The van der Waals surface area contributed by atoms with Gasteiger partial charge in [-0.25, -0.2) is 9.59 Å². The lowest BCUT2D eigenvalue weighted by molar-refractivity contribution is -0.158. The molecular formula is C33H34N6O5. The summed E-state index contributed by atoms with van der Waals surface area (Å²) in [7, 11) is 1.81. The number of hydrazine groups is 1. The predicted molar refractivity (Wildman–Crippen MR) is 163 cm³/mol. The molecule has 1 N–H and O–H groups in total. The van der Waals surface area contributed by atoms with Crippen LogP contribution in [-0.2, 0) is 27.5 Å². The summed E-state index contributed by atoms with van der Waals surface area (Å²) in [6.45, 7) is 4.75. The first kappa shape index (κ1) is 28.9. The van der Waals surface area contributed by atoms with Crippen LogP contribution >= 0.6 is 0 Å². The van der Waals surface area contributed by atoms with Gasteiger partial charge in [-0.3, -0.25) is 14.6 Å². The molecule has 3 aromatic carbocycles. The summed E-state index contributed by atoms with van der Waals surface area (Å²) in [6, 6.07) is 23.0. The highest BCUT2D eigenvalue weighted by atomic mass is 16.5. The Morgan fingerprint density at radius 3 is 2.45 bits per heavy atom. The predicted octanol–water partition coefficient (Wildman–Crippen LogP) is 2.91. The number of carbonyl (C=O) groups is 4. The zero-order chi connectivity index (χ0) is 30.8. The maximum Gasteiger partial charge on any atom is 0.332 e. The molecule has 3 aromatic rings. The van der Waals surface area contributed by atoms with E-state index in [0.717, 1.165) is 16.8 Å². The quantitative estimate of drug-likeness (QED) is 0.243. The Kier molecular flexibility index (Phi) is 8.03. The van der Waals surface area contributed by atoms with Crippen molar-refractivity contribution in [3.05, 3.63) is 108 Å². The van der Waals surface area contributed by atoms with Crippen LogP contribution in [-0.4, -0.2) is 83.0 Å². The molecule has 44 heavy (non-hydrogen) atoms. The molecule has 4 amide bonds. The van der Waals surface area contributed by atoms with E-state index in [1.54, 1.807) is 33.0 Å². The standard InChI is InChI=1S/C33H34N6O5/c1-3-17-37(33(43)34-18-23-11-6-4-7-12-23)38-21-28(40)39-27(38)20-36(32(42)31(39)24-13-8-5-9-14-24)19-25-15-10-16-26-30(25)35(2)22-29(41)44-26/h3-16,27,31H,1,17-22H2,2H3,(H,34,43)/t27-,31+/m1/s1. The Bertz CT molecular complexity index is 1580. The lowest BCUT2D eigenvalue weighted by atomic mass is 9.99. The van der Waals surface area contributed by atoms with Crippen LogP contribution in [0.2, 0.25) is 0 Å². The highest BCUT2D eigenvalue weighted by Crippen LogP contribution is 2.39. The number of amides is 4. The van der Waals surface area contributed by atoms with E-state index in [1.165, 1.54) is 5.01 Å². The molecule has 2 atom stereocenters. The van der Waals surface area contributed by atoms with Crippen molar-refractivity contribution in [2.45, 2.75) is 25.3 Å². The van der Waals surface area contributed by atoms with E-state index in [1.807, 2.05) is 78.7 Å². The van der Waals surface area contributed by atoms with E-state index in [9.17, 15) is 19.2 Å². The molecule has 11 nitrogen and oxygen atoms in total. The summed E-state index contributed by atoms with van der Waals surface area (Å²) in [5.74, 6) is -0.374. The Labute approximate surface area is 255 Å². The van der Waals surface area contributed by atoms with E-state index in [4.69, 9.17) is 4.74 Å². The fourth-order valence-electron chi connectivity index (χ4n) is 6.18. The number of para-hydroxylation sites is 1. The summed E-state index contributed by atoms with van der Waals surface area (Å²) in [4.78, 5) is 58.6. The number of hydrogen-bond donors (Lipinski definition) is 1. The maximum absolute atomic E-state index is 14.2. The summed E-state index contributed by atoms with van der Waals surface area (Å²) in [6.07, 6.45) is 1.01. The van der Waals surface area contributed by atoms with Crippen molar-refractivity contribution in [2.75, 3.05) is 38.1 Å². The first-order valence-corrected chi connectivity index (χ1v) is 14.5. The molecule has 0 aliphatic carbocycles. The van der Waals surface area contributed by atoms with E-state index in [0.29, 0.717) is 17.9 Å². The number of hydrogen-bond acceptors (Lipinski definition) is 7. The SMILES string of the molecule is C=CCN(C(=O)NCc1ccccc1)N1CC(=O)N2[C@@H](c3ccccc3)C(=O)N(Cc3cccc4c3N(C)CC(=O)O4)C[C@@H]21. The number of esters is 1. The smallest absolute Gasteiger partial charge is 0.332 e. The molecule has 226 valence electrons. The molecule has 11 heteroatoms. The number of carbonyl (C=O) groups excluding carboxylic acids is 4. The van der Waals surface area contributed by atoms with E-state index in [2.05, 4.69) is 11.9 Å². The Morgan fingerprint density at radius 1 is 1.00 bits per heavy atom. The van der Waals surface area contributed by atoms with Crippen LogP contribution in [0.25, 0.3) is 0 Å². The van der Waals surface area contributed by atoms with Gasteiger partial charge in [-0.1, -0.05) is 78.9 Å². The number of piperazine rings is 1. The van der Waals surface area contributed by atoms with Crippen molar-refractivity contribution in [1.82, 2.24) is 25.1 Å². The Balaban J connectivity index is 1.33. The minimum absolute atomic E-state index is 0.0683. The summed E-state index contributed by atoms with van der Waals surface area (Å²) in [5.41, 5.74) is 3.18. The van der Waals surface area contributed by atoms with Crippen molar-refractivity contribution in [3.63, 3.8) is 0 Å². The Morgan fingerprint density at radius 2 is 1.73 bits per heavy atom. The minimum atomic E-state index is -0.875. The van der Waals surface area contributed by atoms with Crippen LogP contribution in [0.5, 0.6) is 5.75 Å². The zero-order valence-corrected chi connectivity index (χ0v) is 24.5. The van der Waals surface area contributed by atoms with Crippen LogP contribution in [0, 0.1) is 0 Å². The fraction of sp³-hybridized carbons (Fsp3) is 0.273. The highest BCUT2D eigenvalue weighted by Gasteiger charge is 2.52. The third-order valence-corrected chi connectivity index (χ3v) is 8.12. The highest BCUT2D eigenvalue weighted by molar-refractivity contribution is 5.93. The lowest BCUT2D eigenvalue weighted by Crippen LogP contribution is -2.62. The number of likely N-dealkylation sites (N-methyl/N-ethyl adjacent to an activating group) is 1. The molecule has 3 aliphatic heterocycles. The van der Waals surface area contributed by atoms with Gasteiger partial charge in [-0.2, -0.15) is 5.01 Å². The van der Waals surface area contributed by atoms with Gasteiger partial charge in [0.05, 0.1) is 25.3 Å². The average Bonchev–Trinajstić information content (AvgIpc) is 3.34. The number of urea groups is 1. The topological polar surface area (TPSA) is 106 Å². The number of nitrogens with zero attached hydrogens (tertiary/aromatic N) is 5. The van der Waals surface area contributed by atoms with Gasteiger partial charge in [-0.15, -0.1) is 6.58 Å². The second-order valence-electron chi connectivity index (χ2n) is 11.0. The van der Waals surface area contributed by atoms with Crippen molar-refractivity contribution in [1.29, 1.82) is 0 Å². The largest absolute Gasteiger partial charge is 0.423 e. The molecular weight excluding hydrogens is 560 g/mol. The number of anilines is 1. The van der Waals surface area contributed by atoms with Gasteiger partial charge in [0, 0.05) is 20.1 Å². The van der Waals surface area contributed by atoms with Crippen molar-refractivity contribution in [2.24, 2.45) is 0 Å².